The Kier molecular flexibility index (Phi) is 5.64. The standard InChI is InChI=1S/C26H35NO4/c1-15-16(2)23-21(17(3)22(15)27-20(28)14-24(4,5)6)26(29,25(7,8)31-23)18-11-10-12-19(13-18)30-9/h10-13,29H,14H2,1-9H3,(H,27,28). The lowest BCUT2D eigenvalue weighted by Gasteiger charge is -2.36. The third kappa shape index (κ3) is 3.80. The number of fused-ring (bicyclic) bond motifs is 1. The van der Waals surface area contributed by atoms with Crippen LogP contribution in [-0.2, 0) is 10.4 Å². The van der Waals surface area contributed by atoms with Crippen LogP contribution < -0.4 is 14.8 Å². The van der Waals surface area contributed by atoms with Crippen LogP contribution in [0.1, 0.15) is 68.9 Å². The van der Waals surface area contributed by atoms with E-state index in [4.69, 9.17) is 9.47 Å². The van der Waals surface area contributed by atoms with Gasteiger partial charge in [0.15, 0.2) is 5.60 Å². The maximum atomic E-state index is 12.8. The van der Waals surface area contributed by atoms with Gasteiger partial charge in [-0.1, -0.05) is 32.9 Å². The van der Waals surface area contributed by atoms with Gasteiger partial charge in [-0.25, -0.2) is 0 Å². The van der Waals surface area contributed by atoms with E-state index in [1.165, 1.54) is 0 Å². The molecule has 0 saturated carbocycles. The van der Waals surface area contributed by atoms with Crippen molar-refractivity contribution < 1.29 is 19.4 Å². The number of aliphatic hydroxyl groups is 1. The van der Waals surface area contributed by atoms with Crippen LogP contribution in [0.25, 0.3) is 0 Å². The Balaban J connectivity index is 2.23. The lowest BCUT2D eigenvalue weighted by Crippen LogP contribution is -2.47. The molecule has 0 radical (unpaired) electrons. The number of amides is 1. The fraction of sp³-hybridized carbons (Fsp3) is 0.500. The molecular formula is C26H35NO4. The molecule has 0 fully saturated rings. The number of hydrogen-bond acceptors (Lipinski definition) is 4. The first-order valence-corrected chi connectivity index (χ1v) is 10.7. The summed E-state index contributed by atoms with van der Waals surface area (Å²) in [5.74, 6) is 1.30. The van der Waals surface area contributed by atoms with Crippen molar-refractivity contribution in [3.05, 3.63) is 52.1 Å². The molecule has 168 valence electrons. The van der Waals surface area contributed by atoms with Crippen molar-refractivity contribution in [3.63, 3.8) is 0 Å². The Morgan fingerprint density at radius 3 is 2.35 bits per heavy atom. The van der Waals surface area contributed by atoms with Gasteiger partial charge in [0.2, 0.25) is 5.91 Å². The van der Waals surface area contributed by atoms with Crippen molar-refractivity contribution >= 4 is 11.6 Å². The number of anilines is 1. The second kappa shape index (κ2) is 7.56. The molecule has 1 amide bonds. The molecule has 0 aliphatic carbocycles. The third-order valence-electron chi connectivity index (χ3n) is 6.29. The zero-order valence-corrected chi connectivity index (χ0v) is 20.2. The van der Waals surface area contributed by atoms with Crippen molar-refractivity contribution in [2.24, 2.45) is 5.41 Å². The van der Waals surface area contributed by atoms with E-state index in [9.17, 15) is 9.90 Å². The number of methoxy groups -OCH3 is 1. The van der Waals surface area contributed by atoms with Crippen LogP contribution in [0, 0.1) is 26.2 Å². The van der Waals surface area contributed by atoms with Crippen molar-refractivity contribution in [3.8, 4) is 11.5 Å². The predicted octanol–water partition coefficient (Wildman–Crippen LogP) is 5.40. The van der Waals surface area contributed by atoms with Crippen molar-refractivity contribution in [2.75, 3.05) is 12.4 Å². The van der Waals surface area contributed by atoms with Crippen LogP contribution in [0.5, 0.6) is 11.5 Å². The molecule has 0 saturated heterocycles. The fourth-order valence-corrected chi connectivity index (χ4v) is 4.51. The summed E-state index contributed by atoms with van der Waals surface area (Å²) >= 11 is 0. The third-order valence-corrected chi connectivity index (χ3v) is 6.29. The highest BCUT2D eigenvalue weighted by Crippen LogP contribution is 2.56. The van der Waals surface area contributed by atoms with Crippen molar-refractivity contribution in [1.29, 1.82) is 0 Å². The Bertz CT molecular complexity index is 1030. The smallest absolute Gasteiger partial charge is 0.224 e. The van der Waals surface area contributed by atoms with Gasteiger partial charge in [-0.15, -0.1) is 0 Å². The molecule has 3 rings (SSSR count). The molecule has 2 aromatic rings. The molecule has 1 aliphatic heterocycles. The molecule has 0 spiro atoms. The van der Waals surface area contributed by atoms with Gasteiger partial charge in [-0.05, 0) is 74.4 Å². The summed E-state index contributed by atoms with van der Waals surface area (Å²) in [6.45, 7) is 15.8. The van der Waals surface area contributed by atoms with E-state index in [0.717, 1.165) is 22.4 Å². The second-order valence-electron chi connectivity index (χ2n) is 10.3. The molecular weight excluding hydrogens is 390 g/mol. The van der Waals surface area contributed by atoms with Gasteiger partial charge in [0.25, 0.3) is 0 Å². The van der Waals surface area contributed by atoms with Gasteiger partial charge in [-0.3, -0.25) is 4.79 Å². The fourth-order valence-electron chi connectivity index (χ4n) is 4.51. The Morgan fingerprint density at radius 2 is 1.77 bits per heavy atom. The number of rotatable bonds is 4. The number of ether oxygens (including phenoxy) is 2. The van der Waals surface area contributed by atoms with Gasteiger partial charge in [0, 0.05) is 17.7 Å². The first-order chi connectivity index (χ1) is 14.2. The van der Waals surface area contributed by atoms with Gasteiger partial charge in [0.05, 0.1) is 7.11 Å². The Morgan fingerprint density at radius 1 is 1.13 bits per heavy atom. The minimum absolute atomic E-state index is 0.0406. The monoisotopic (exact) mass is 425 g/mol. The summed E-state index contributed by atoms with van der Waals surface area (Å²) in [5.41, 5.74) is 2.35. The number of carbonyl (C=O) groups excluding carboxylic acids is 1. The minimum atomic E-state index is -1.41. The Hall–Kier alpha value is -2.53. The normalized spacial score (nSPS) is 19.5. The Labute approximate surface area is 185 Å². The largest absolute Gasteiger partial charge is 0.497 e. The van der Waals surface area contributed by atoms with E-state index in [2.05, 4.69) is 5.32 Å². The zero-order valence-electron chi connectivity index (χ0n) is 20.2. The van der Waals surface area contributed by atoms with E-state index >= 15 is 0 Å². The molecule has 1 aliphatic rings. The quantitative estimate of drug-likeness (QED) is 0.688. The van der Waals surface area contributed by atoms with E-state index < -0.39 is 11.2 Å². The SMILES string of the molecule is COc1cccc(C2(O)c3c(C)c(NC(=O)CC(C)(C)C)c(C)c(C)c3OC2(C)C)c1. The van der Waals surface area contributed by atoms with E-state index in [1.807, 2.05) is 79.7 Å². The number of carbonyl (C=O) groups is 1. The van der Waals surface area contributed by atoms with Gasteiger partial charge in [-0.2, -0.15) is 0 Å². The van der Waals surface area contributed by atoms with Crippen LogP contribution in [0.2, 0.25) is 0 Å². The maximum absolute atomic E-state index is 12.8. The van der Waals surface area contributed by atoms with E-state index in [0.29, 0.717) is 29.0 Å². The van der Waals surface area contributed by atoms with Gasteiger partial charge >= 0.3 is 0 Å². The number of nitrogens with one attached hydrogen (secondary N) is 1. The second-order valence-corrected chi connectivity index (χ2v) is 10.3. The molecule has 31 heavy (non-hydrogen) atoms. The first-order valence-electron chi connectivity index (χ1n) is 10.7. The van der Waals surface area contributed by atoms with E-state index in [1.54, 1.807) is 7.11 Å². The molecule has 0 aromatic heterocycles. The first kappa shape index (κ1) is 23.1. The summed E-state index contributed by atoms with van der Waals surface area (Å²) in [6.07, 6.45) is 0.407. The number of benzene rings is 2. The lowest BCUT2D eigenvalue weighted by atomic mass is 9.74. The van der Waals surface area contributed by atoms with Crippen LogP contribution in [0.15, 0.2) is 24.3 Å². The molecule has 1 atom stereocenters. The lowest BCUT2D eigenvalue weighted by molar-refractivity contribution is -0.117. The van der Waals surface area contributed by atoms with Crippen molar-refractivity contribution in [1.82, 2.24) is 0 Å². The molecule has 5 nitrogen and oxygen atoms in total. The number of hydrogen-bond donors (Lipinski definition) is 2. The average molecular weight is 426 g/mol. The summed E-state index contributed by atoms with van der Waals surface area (Å²) in [4.78, 5) is 12.8. The highest BCUT2D eigenvalue weighted by molar-refractivity contribution is 5.94. The molecule has 2 aromatic carbocycles. The van der Waals surface area contributed by atoms with Crippen molar-refractivity contribution in [2.45, 2.75) is 73.0 Å². The van der Waals surface area contributed by atoms with Crippen LogP contribution in [0.4, 0.5) is 5.69 Å². The summed E-state index contributed by atoms with van der Waals surface area (Å²) in [7, 11) is 1.61. The predicted molar refractivity (Wildman–Crippen MR) is 124 cm³/mol. The minimum Gasteiger partial charge on any atom is -0.497 e. The highest BCUT2D eigenvalue weighted by Gasteiger charge is 2.57. The van der Waals surface area contributed by atoms with Gasteiger partial charge in [0.1, 0.15) is 17.1 Å². The van der Waals surface area contributed by atoms with Crippen LogP contribution in [-0.4, -0.2) is 23.7 Å². The summed E-state index contributed by atoms with van der Waals surface area (Å²) < 4.78 is 11.8. The summed E-state index contributed by atoms with van der Waals surface area (Å²) in [6, 6.07) is 7.44. The molecule has 1 unspecified atom stereocenters. The highest BCUT2D eigenvalue weighted by atomic mass is 16.5. The maximum Gasteiger partial charge on any atom is 0.224 e. The van der Waals surface area contributed by atoms with Gasteiger partial charge < -0.3 is 19.9 Å². The molecule has 1 heterocycles. The van der Waals surface area contributed by atoms with Crippen LogP contribution in [0.3, 0.4) is 0 Å². The topological polar surface area (TPSA) is 67.8 Å². The molecule has 0 bridgehead atoms. The average Bonchev–Trinajstić information content (AvgIpc) is 2.89. The summed E-state index contributed by atoms with van der Waals surface area (Å²) in [5, 5.41) is 15.3. The molecule has 5 heteroatoms. The zero-order chi connectivity index (χ0) is 23.4. The van der Waals surface area contributed by atoms with E-state index in [-0.39, 0.29) is 11.3 Å². The van der Waals surface area contributed by atoms with Crippen LogP contribution >= 0.6 is 0 Å². The molecule has 2 N–H and O–H groups in total.